The minimum Gasteiger partial charge on any atom is -0.343 e. The smallest absolute Gasteiger partial charge is 0.263 e. The van der Waals surface area contributed by atoms with Crippen molar-refractivity contribution in [1.29, 1.82) is 0 Å². The minimum atomic E-state index is -0.498. The van der Waals surface area contributed by atoms with Crippen LogP contribution in [0.25, 0.3) is 0 Å². The summed E-state index contributed by atoms with van der Waals surface area (Å²) in [6.45, 7) is 2.21. The quantitative estimate of drug-likeness (QED) is 0.651. The van der Waals surface area contributed by atoms with Gasteiger partial charge in [-0.2, -0.15) is 10.2 Å². The number of carbonyl (C=O) groups excluding carboxylic acids is 1. The number of aromatic amines is 1. The second-order valence-electron chi connectivity index (χ2n) is 5.48. The number of nitrogens with one attached hydrogen (secondary N) is 2. The van der Waals surface area contributed by atoms with E-state index in [1.165, 1.54) is 23.5 Å². The van der Waals surface area contributed by atoms with Crippen molar-refractivity contribution in [1.82, 2.24) is 39.8 Å². The van der Waals surface area contributed by atoms with Crippen molar-refractivity contribution in [3.8, 4) is 0 Å². The summed E-state index contributed by atoms with van der Waals surface area (Å²) < 4.78 is 3.21. The van der Waals surface area contributed by atoms with Gasteiger partial charge in [0.25, 0.3) is 11.5 Å². The molecule has 3 aromatic heterocycles. The van der Waals surface area contributed by atoms with Crippen LogP contribution in [0.15, 0.2) is 35.9 Å². The number of H-pyrrole nitrogens is 1. The summed E-state index contributed by atoms with van der Waals surface area (Å²) in [5.74, 6) is -0.0835. The Hall–Kier alpha value is -3.30. The Morgan fingerprint density at radius 2 is 2.24 bits per heavy atom. The molecule has 0 fully saturated rings. The summed E-state index contributed by atoms with van der Waals surface area (Å²) in [5, 5.41) is 10.9. The van der Waals surface area contributed by atoms with Crippen LogP contribution in [0, 0.1) is 0 Å². The van der Waals surface area contributed by atoms with E-state index in [1.54, 1.807) is 17.9 Å². The van der Waals surface area contributed by atoms with Crippen molar-refractivity contribution in [2.75, 3.05) is 0 Å². The maximum Gasteiger partial charge on any atom is 0.263 e. The summed E-state index contributed by atoms with van der Waals surface area (Å²) >= 11 is 0. The molecule has 0 saturated heterocycles. The maximum atomic E-state index is 12.4. The highest BCUT2D eigenvalue weighted by molar-refractivity contribution is 5.93. The fourth-order valence-corrected chi connectivity index (χ4v) is 2.49. The minimum absolute atomic E-state index is 0.0389. The van der Waals surface area contributed by atoms with Gasteiger partial charge in [0.2, 0.25) is 0 Å². The van der Waals surface area contributed by atoms with E-state index >= 15 is 0 Å². The third-order valence-corrected chi connectivity index (χ3v) is 3.80. The third kappa shape index (κ3) is 3.62. The van der Waals surface area contributed by atoms with E-state index in [0.29, 0.717) is 12.2 Å². The number of amides is 1. The van der Waals surface area contributed by atoms with Crippen LogP contribution in [0.3, 0.4) is 0 Å². The Balaban J connectivity index is 1.75. The van der Waals surface area contributed by atoms with Crippen molar-refractivity contribution in [2.45, 2.75) is 25.9 Å². The predicted octanol–water partition coefficient (Wildman–Crippen LogP) is 0.0243. The SMILES string of the molecule is CC[C@@H](NC(=O)c1cnc(Cn2cncn2)[nH]c1=O)c1ccnn1C. The zero-order valence-corrected chi connectivity index (χ0v) is 13.9. The lowest BCUT2D eigenvalue weighted by Gasteiger charge is -2.17. The van der Waals surface area contributed by atoms with Gasteiger partial charge in [0.15, 0.2) is 0 Å². The molecule has 3 rings (SSSR count). The van der Waals surface area contributed by atoms with Gasteiger partial charge in [-0.3, -0.25) is 14.3 Å². The summed E-state index contributed by atoms with van der Waals surface area (Å²) in [6.07, 6.45) is 6.51. The van der Waals surface area contributed by atoms with Gasteiger partial charge in [0, 0.05) is 19.4 Å². The first-order chi connectivity index (χ1) is 12.1. The molecule has 3 aromatic rings. The van der Waals surface area contributed by atoms with E-state index in [2.05, 4.69) is 30.5 Å². The highest BCUT2D eigenvalue weighted by Gasteiger charge is 2.19. The van der Waals surface area contributed by atoms with Crippen LogP contribution < -0.4 is 10.9 Å². The maximum absolute atomic E-state index is 12.4. The summed E-state index contributed by atoms with van der Waals surface area (Å²) in [4.78, 5) is 35.2. The first-order valence-corrected chi connectivity index (χ1v) is 7.78. The molecule has 3 heterocycles. The molecule has 0 spiro atoms. The van der Waals surface area contributed by atoms with Gasteiger partial charge in [-0.25, -0.2) is 14.6 Å². The van der Waals surface area contributed by atoms with Crippen molar-refractivity contribution >= 4 is 5.91 Å². The molecule has 0 aromatic carbocycles. The van der Waals surface area contributed by atoms with Crippen molar-refractivity contribution < 1.29 is 4.79 Å². The number of aromatic nitrogens is 7. The van der Waals surface area contributed by atoms with E-state index in [-0.39, 0.29) is 18.2 Å². The molecule has 1 amide bonds. The Labute approximate surface area is 142 Å². The van der Waals surface area contributed by atoms with Crippen molar-refractivity contribution in [3.05, 3.63) is 58.6 Å². The van der Waals surface area contributed by atoms with Crippen LogP contribution in [0.1, 0.15) is 41.3 Å². The third-order valence-electron chi connectivity index (χ3n) is 3.80. The summed E-state index contributed by atoms with van der Waals surface area (Å²) in [5.41, 5.74) is 0.327. The van der Waals surface area contributed by atoms with Gasteiger partial charge in [0.05, 0.1) is 11.7 Å². The largest absolute Gasteiger partial charge is 0.343 e. The average molecular weight is 342 g/mol. The van der Waals surface area contributed by atoms with Crippen LogP contribution in [0.5, 0.6) is 0 Å². The van der Waals surface area contributed by atoms with Crippen LogP contribution in [-0.2, 0) is 13.6 Å². The Kier molecular flexibility index (Phi) is 4.68. The van der Waals surface area contributed by atoms with Gasteiger partial charge < -0.3 is 10.3 Å². The van der Waals surface area contributed by atoms with E-state index in [9.17, 15) is 9.59 Å². The van der Waals surface area contributed by atoms with Gasteiger partial charge in [-0.15, -0.1) is 0 Å². The molecule has 0 aliphatic rings. The lowest BCUT2D eigenvalue weighted by molar-refractivity contribution is 0.0932. The molecule has 1 atom stereocenters. The molecule has 25 heavy (non-hydrogen) atoms. The highest BCUT2D eigenvalue weighted by Crippen LogP contribution is 2.15. The van der Waals surface area contributed by atoms with Gasteiger partial charge in [0.1, 0.15) is 30.6 Å². The standard InChI is InChI=1S/C15H18N8O2/c1-3-11(12-4-5-18-22(12)2)20-14(24)10-6-17-13(21-15(10)25)7-23-9-16-8-19-23/h4-6,8-9,11H,3,7H2,1-2H3,(H,20,24)(H,17,21,25)/t11-/m1/s1. The van der Waals surface area contributed by atoms with Crippen LogP contribution in [-0.4, -0.2) is 40.4 Å². The molecular weight excluding hydrogens is 324 g/mol. The summed E-state index contributed by atoms with van der Waals surface area (Å²) in [6, 6.07) is 1.59. The summed E-state index contributed by atoms with van der Waals surface area (Å²) in [7, 11) is 1.80. The molecule has 0 unspecified atom stereocenters. The van der Waals surface area contributed by atoms with E-state index < -0.39 is 11.5 Å². The monoisotopic (exact) mass is 342 g/mol. The topological polar surface area (TPSA) is 123 Å². The molecule has 0 aliphatic heterocycles. The Morgan fingerprint density at radius 3 is 2.84 bits per heavy atom. The zero-order chi connectivity index (χ0) is 17.8. The number of nitrogens with zero attached hydrogens (tertiary/aromatic N) is 6. The molecule has 2 N–H and O–H groups in total. The predicted molar refractivity (Wildman–Crippen MR) is 87.7 cm³/mol. The molecular formula is C15H18N8O2. The molecule has 0 saturated carbocycles. The fraction of sp³-hybridized carbons (Fsp3) is 0.333. The first-order valence-electron chi connectivity index (χ1n) is 7.78. The first kappa shape index (κ1) is 16.6. The molecule has 130 valence electrons. The number of aryl methyl sites for hydroxylation is 1. The average Bonchev–Trinajstić information content (AvgIpc) is 3.24. The highest BCUT2D eigenvalue weighted by atomic mass is 16.2. The second-order valence-corrected chi connectivity index (χ2v) is 5.48. The van der Waals surface area contributed by atoms with E-state index in [0.717, 1.165) is 5.69 Å². The zero-order valence-electron chi connectivity index (χ0n) is 13.9. The van der Waals surface area contributed by atoms with E-state index in [4.69, 9.17) is 0 Å². The van der Waals surface area contributed by atoms with Crippen LogP contribution in [0.2, 0.25) is 0 Å². The number of hydrogen-bond acceptors (Lipinski definition) is 6. The number of rotatable bonds is 6. The number of carbonyl (C=O) groups is 1. The normalized spacial score (nSPS) is 12.1. The molecule has 0 bridgehead atoms. The lowest BCUT2D eigenvalue weighted by atomic mass is 10.1. The number of hydrogen-bond donors (Lipinski definition) is 2. The fourth-order valence-electron chi connectivity index (χ4n) is 2.49. The van der Waals surface area contributed by atoms with Gasteiger partial charge in [-0.1, -0.05) is 6.92 Å². The molecule has 10 heteroatoms. The second kappa shape index (κ2) is 7.07. The van der Waals surface area contributed by atoms with Crippen molar-refractivity contribution in [3.63, 3.8) is 0 Å². The van der Waals surface area contributed by atoms with Gasteiger partial charge >= 0.3 is 0 Å². The Bertz CT molecular complexity index is 912. The van der Waals surface area contributed by atoms with Crippen LogP contribution in [0.4, 0.5) is 0 Å². The molecule has 0 aliphatic carbocycles. The Morgan fingerprint density at radius 1 is 1.40 bits per heavy atom. The lowest BCUT2D eigenvalue weighted by Crippen LogP contribution is -2.34. The van der Waals surface area contributed by atoms with Crippen LogP contribution >= 0.6 is 0 Å². The molecule has 10 nitrogen and oxygen atoms in total. The molecule has 0 radical (unpaired) electrons. The van der Waals surface area contributed by atoms with Crippen molar-refractivity contribution in [2.24, 2.45) is 7.05 Å². The van der Waals surface area contributed by atoms with Gasteiger partial charge in [-0.05, 0) is 12.5 Å². The van der Waals surface area contributed by atoms with E-state index in [1.807, 2.05) is 13.0 Å².